The van der Waals surface area contributed by atoms with Crippen molar-refractivity contribution >= 4 is 16.8 Å². The molecule has 0 aliphatic rings. The van der Waals surface area contributed by atoms with Crippen LogP contribution in [-0.2, 0) is 17.9 Å². The van der Waals surface area contributed by atoms with Gasteiger partial charge in [0.05, 0.1) is 22.9 Å². The summed E-state index contributed by atoms with van der Waals surface area (Å²) < 4.78 is 30.6. The van der Waals surface area contributed by atoms with E-state index in [1.54, 1.807) is 36.0 Å². The average molecular weight is 409 g/mol. The molecule has 0 fully saturated rings. The Balaban J connectivity index is 1.45. The van der Waals surface area contributed by atoms with Gasteiger partial charge in [0.2, 0.25) is 5.91 Å². The number of carbonyl (C=O) groups excluding carboxylic acids is 1. The molecule has 0 atom stereocenters. The largest absolute Gasteiger partial charge is 0.350 e. The van der Waals surface area contributed by atoms with E-state index in [1.165, 1.54) is 24.5 Å². The van der Waals surface area contributed by atoms with Crippen LogP contribution in [0, 0.1) is 18.6 Å². The lowest BCUT2D eigenvalue weighted by Crippen LogP contribution is -2.32. The fourth-order valence-corrected chi connectivity index (χ4v) is 3.14. The van der Waals surface area contributed by atoms with Gasteiger partial charge < -0.3 is 9.88 Å². The van der Waals surface area contributed by atoms with Crippen molar-refractivity contribution < 1.29 is 13.6 Å². The van der Waals surface area contributed by atoms with Crippen LogP contribution in [-0.4, -0.2) is 25.0 Å². The highest BCUT2D eigenvalue weighted by Crippen LogP contribution is 2.16. The Morgan fingerprint density at radius 1 is 1.13 bits per heavy atom. The molecule has 0 unspecified atom stereocenters. The Labute approximate surface area is 169 Å². The fourth-order valence-electron chi connectivity index (χ4n) is 3.14. The summed E-state index contributed by atoms with van der Waals surface area (Å²) in [5.74, 6) is -0.798. The molecule has 1 amide bonds. The Morgan fingerprint density at radius 2 is 1.97 bits per heavy atom. The normalized spacial score (nSPS) is 11.0. The van der Waals surface area contributed by atoms with Crippen LogP contribution in [0.4, 0.5) is 8.78 Å². The first kappa shape index (κ1) is 19.4. The molecule has 2 aromatic heterocycles. The molecule has 0 spiro atoms. The van der Waals surface area contributed by atoms with Gasteiger partial charge in [0.25, 0.3) is 5.56 Å². The Bertz CT molecular complexity index is 1310. The van der Waals surface area contributed by atoms with Crippen LogP contribution in [0.15, 0.2) is 59.9 Å². The highest BCUT2D eigenvalue weighted by atomic mass is 19.1. The predicted octanol–water partition coefficient (Wildman–Crippen LogP) is 2.49. The summed E-state index contributed by atoms with van der Waals surface area (Å²) in [5, 5.41) is 2.74. The van der Waals surface area contributed by atoms with Crippen LogP contribution in [0.1, 0.15) is 11.4 Å². The second kappa shape index (κ2) is 7.86. The molecule has 2 aromatic carbocycles. The minimum Gasteiger partial charge on any atom is -0.350 e. The van der Waals surface area contributed by atoms with E-state index in [1.807, 2.05) is 0 Å². The van der Waals surface area contributed by atoms with Crippen LogP contribution in [0.5, 0.6) is 0 Å². The smallest absolute Gasteiger partial charge is 0.261 e. The third-order valence-corrected chi connectivity index (χ3v) is 4.69. The molecule has 0 radical (unpaired) electrons. The molecule has 30 heavy (non-hydrogen) atoms. The minimum absolute atomic E-state index is 0.0866. The van der Waals surface area contributed by atoms with Crippen molar-refractivity contribution in [1.29, 1.82) is 0 Å². The van der Waals surface area contributed by atoms with Gasteiger partial charge in [0, 0.05) is 18.9 Å². The first-order chi connectivity index (χ1) is 14.4. The second-order valence-electron chi connectivity index (χ2n) is 6.75. The summed E-state index contributed by atoms with van der Waals surface area (Å²) in [6, 6.07) is 8.35. The number of benzene rings is 2. The summed E-state index contributed by atoms with van der Waals surface area (Å²) in [7, 11) is 0. The molecular weight excluding hydrogens is 392 g/mol. The number of aryl methyl sites for hydroxylation is 1. The number of nitrogens with one attached hydrogen (secondary N) is 1. The molecule has 0 aliphatic carbocycles. The number of aromatic nitrogens is 4. The Hall–Kier alpha value is -3.88. The number of halogens is 2. The molecule has 152 valence electrons. The Kier molecular flexibility index (Phi) is 5.09. The van der Waals surface area contributed by atoms with Crippen LogP contribution < -0.4 is 10.9 Å². The van der Waals surface area contributed by atoms with Gasteiger partial charge in [0.15, 0.2) is 0 Å². The van der Waals surface area contributed by atoms with Crippen LogP contribution in [0.2, 0.25) is 0 Å². The predicted molar refractivity (Wildman–Crippen MR) is 106 cm³/mol. The van der Waals surface area contributed by atoms with Gasteiger partial charge in [-0.2, -0.15) is 0 Å². The van der Waals surface area contributed by atoms with Gasteiger partial charge in [-0.3, -0.25) is 14.2 Å². The molecule has 0 saturated heterocycles. The summed E-state index contributed by atoms with van der Waals surface area (Å²) >= 11 is 0. The number of hydrogen-bond donors (Lipinski definition) is 1. The molecule has 2 heterocycles. The molecule has 4 aromatic rings. The lowest BCUT2D eigenvalue weighted by molar-refractivity contribution is -0.121. The van der Waals surface area contributed by atoms with Gasteiger partial charge in [-0.05, 0) is 42.8 Å². The summed E-state index contributed by atoms with van der Waals surface area (Å²) in [5.41, 5.74) is 0.761. The topological polar surface area (TPSA) is 81.8 Å². The van der Waals surface area contributed by atoms with E-state index in [0.29, 0.717) is 22.6 Å². The zero-order valence-electron chi connectivity index (χ0n) is 16.0. The number of rotatable bonds is 5. The lowest BCUT2D eigenvalue weighted by Gasteiger charge is -2.10. The monoisotopic (exact) mass is 409 g/mol. The maximum atomic E-state index is 14.5. The first-order valence-electron chi connectivity index (χ1n) is 9.12. The van der Waals surface area contributed by atoms with E-state index < -0.39 is 23.1 Å². The summed E-state index contributed by atoms with van der Waals surface area (Å²) in [4.78, 5) is 32.8. The molecule has 4 rings (SSSR count). The third-order valence-electron chi connectivity index (χ3n) is 4.69. The van der Waals surface area contributed by atoms with E-state index in [2.05, 4.69) is 15.3 Å². The van der Waals surface area contributed by atoms with Gasteiger partial charge in [-0.25, -0.2) is 18.7 Å². The maximum Gasteiger partial charge on any atom is 0.261 e. The van der Waals surface area contributed by atoms with Crippen molar-refractivity contribution in [1.82, 2.24) is 24.4 Å². The molecule has 0 saturated carbocycles. The summed E-state index contributed by atoms with van der Waals surface area (Å²) in [6.07, 6.45) is 4.49. The second-order valence-corrected chi connectivity index (χ2v) is 6.75. The van der Waals surface area contributed by atoms with Gasteiger partial charge >= 0.3 is 0 Å². The van der Waals surface area contributed by atoms with Crippen molar-refractivity contribution in [3.05, 3.63) is 88.5 Å². The molecule has 0 bridgehead atoms. The number of imidazole rings is 1. The zero-order chi connectivity index (χ0) is 21.3. The van der Waals surface area contributed by atoms with Crippen molar-refractivity contribution in [2.45, 2.75) is 20.0 Å². The zero-order valence-corrected chi connectivity index (χ0v) is 16.0. The van der Waals surface area contributed by atoms with Gasteiger partial charge in [-0.1, -0.05) is 6.07 Å². The van der Waals surface area contributed by atoms with Crippen LogP contribution in [0.3, 0.4) is 0 Å². The van der Waals surface area contributed by atoms with E-state index >= 15 is 0 Å². The lowest BCUT2D eigenvalue weighted by atomic mass is 10.2. The fraction of sp³-hybridized carbons (Fsp3) is 0.143. The number of hydrogen-bond acceptors (Lipinski definition) is 4. The van der Waals surface area contributed by atoms with E-state index in [0.717, 1.165) is 10.6 Å². The van der Waals surface area contributed by atoms with E-state index in [-0.39, 0.29) is 18.5 Å². The van der Waals surface area contributed by atoms with Crippen molar-refractivity contribution in [3.63, 3.8) is 0 Å². The maximum absolute atomic E-state index is 14.5. The van der Waals surface area contributed by atoms with Crippen molar-refractivity contribution in [3.8, 4) is 5.69 Å². The molecular formula is C21H17F2N5O2. The molecule has 0 aliphatic heterocycles. The third kappa shape index (κ3) is 3.82. The van der Waals surface area contributed by atoms with Gasteiger partial charge in [-0.15, -0.1) is 0 Å². The number of amides is 1. The van der Waals surface area contributed by atoms with Crippen LogP contribution in [0.25, 0.3) is 16.6 Å². The minimum atomic E-state index is -0.556. The van der Waals surface area contributed by atoms with Crippen LogP contribution >= 0.6 is 0 Å². The number of carbonyl (C=O) groups is 1. The van der Waals surface area contributed by atoms with Crippen molar-refractivity contribution in [2.24, 2.45) is 0 Å². The Morgan fingerprint density at radius 3 is 2.70 bits per heavy atom. The average Bonchev–Trinajstić information content (AvgIpc) is 3.14. The van der Waals surface area contributed by atoms with Gasteiger partial charge in [0.1, 0.15) is 24.0 Å². The summed E-state index contributed by atoms with van der Waals surface area (Å²) in [6.45, 7) is 1.57. The molecule has 9 heteroatoms. The molecule has 1 N–H and O–H groups in total. The SMILES string of the molecule is Cc1nccn1-c1ccc(CNC(=O)Cn2cnc3ccc(F)cc3c2=O)cc1F. The van der Waals surface area contributed by atoms with Crippen molar-refractivity contribution in [2.75, 3.05) is 0 Å². The standard InChI is InChI=1S/C21H17F2N5O2/c1-13-24-6-7-28(13)19-5-2-14(8-17(19)23)10-25-20(29)11-27-12-26-18-4-3-15(22)9-16(18)21(27)30/h2-9,12H,10-11H2,1H3,(H,25,29). The van der Waals surface area contributed by atoms with E-state index in [9.17, 15) is 18.4 Å². The molecule has 7 nitrogen and oxygen atoms in total. The first-order valence-corrected chi connectivity index (χ1v) is 9.12. The highest BCUT2D eigenvalue weighted by molar-refractivity contribution is 5.79. The quantitative estimate of drug-likeness (QED) is 0.549. The number of fused-ring (bicyclic) bond motifs is 1. The highest BCUT2D eigenvalue weighted by Gasteiger charge is 2.11. The van der Waals surface area contributed by atoms with E-state index in [4.69, 9.17) is 0 Å². The number of nitrogens with zero attached hydrogens (tertiary/aromatic N) is 4.